The molecule has 0 saturated heterocycles. The maximum Gasteiger partial charge on any atom is 0.348 e. The molecule has 0 bridgehead atoms. The van der Waals surface area contributed by atoms with Crippen molar-refractivity contribution in [2.75, 3.05) is 24.2 Å². The first-order valence-electron chi connectivity index (χ1n) is 10.9. The molecule has 32 heavy (non-hydrogen) atoms. The number of nitrogen functional groups attached to an aromatic ring is 1. The van der Waals surface area contributed by atoms with Gasteiger partial charge in [-0.05, 0) is 42.4 Å². The monoisotopic (exact) mass is 462 g/mol. The Hall–Kier alpha value is -2.31. The van der Waals surface area contributed by atoms with Crippen LogP contribution < -0.4 is 16.4 Å². The number of fused-ring (bicyclic) bond motifs is 1. The van der Waals surface area contributed by atoms with E-state index in [2.05, 4.69) is 30.9 Å². The molecule has 1 aromatic carbocycles. The molecule has 0 aromatic heterocycles. The van der Waals surface area contributed by atoms with Crippen molar-refractivity contribution < 1.29 is 19.0 Å². The van der Waals surface area contributed by atoms with Gasteiger partial charge in [0.2, 0.25) is 0 Å². The summed E-state index contributed by atoms with van der Waals surface area (Å²) in [5.41, 5.74) is 6.47. The van der Waals surface area contributed by atoms with Gasteiger partial charge in [-0.2, -0.15) is 4.76 Å². The van der Waals surface area contributed by atoms with Crippen LogP contribution >= 0.6 is 7.52 Å². The third kappa shape index (κ3) is 4.57. The van der Waals surface area contributed by atoms with Gasteiger partial charge in [0.05, 0.1) is 23.6 Å². The van der Waals surface area contributed by atoms with E-state index in [4.69, 9.17) is 10.3 Å². The maximum absolute atomic E-state index is 13.7. The van der Waals surface area contributed by atoms with Crippen LogP contribution in [0.25, 0.3) is 0 Å². The molecule has 2 aliphatic heterocycles. The number of amides is 1. The smallest absolute Gasteiger partial charge is 0.348 e. The van der Waals surface area contributed by atoms with Crippen LogP contribution in [0.15, 0.2) is 34.3 Å². The minimum absolute atomic E-state index is 0.0191. The van der Waals surface area contributed by atoms with Crippen molar-refractivity contribution in [2.45, 2.75) is 60.9 Å². The third-order valence-corrected chi connectivity index (χ3v) is 7.63. The molecule has 2 aliphatic rings. The quantitative estimate of drug-likeness (QED) is 0.440. The molecule has 1 amide bonds. The molecule has 1 aromatic rings. The summed E-state index contributed by atoms with van der Waals surface area (Å²) in [7, 11) is -3.68. The van der Waals surface area contributed by atoms with Gasteiger partial charge in [-0.3, -0.25) is 9.36 Å². The standard InChI is InChI=1S/C23H35N4O4P/c1-8-31-32(30)16-13-14(24)9-10-15(16)25-20(26-32)17-18(28)19(23(5,6)7)27(21(17)29)12-11-22(2,3)4/h9-10,13,19,28H,8,11-12,24H2,1-7H3,(H,25,26,30)/t19-,32+/m0/s1. The van der Waals surface area contributed by atoms with Crippen molar-refractivity contribution >= 4 is 35.9 Å². The fraction of sp³-hybridized carbons (Fsp3) is 0.565. The van der Waals surface area contributed by atoms with Gasteiger partial charge in [-0.15, -0.1) is 0 Å². The number of carbonyl (C=O) groups is 1. The predicted octanol–water partition coefficient (Wildman–Crippen LogP) is 4.45. The summed E-state index contributed by atoms with van der Waals surface area (Å²) >= 11 is 0. The largest absolute Gasteiger partial charge is 0.509 e. The molecule has 0 radical (unpaired) electrons. The van der Waals surface area contributed by atoms with Crippen LogP contribution in [0.4, 0.5) is 11.4 Å². The summed E-state index contributed by atoms with van der Waals surface area (Å²) in [6.07, 6.45) is 0.769. The second-order valence-electron chi connectivity index (χ2n) is 10.6. The molecule has 4 N–H and O–H groups in total. The number of nitrogens with one attached hydrogen (secondary N) is 1. The molecule has 3 rings (SSSR count). The van der Waals surface area contributed by atoms with E-state index in [9.17, 15) is 14.5 Å². The molecule has 9 heteroatoms. The van der Waals surface area contributed by atoms with Crippen LogP contribution in [-0.2, 0) is 13.9 Å². The molecule has 0 saturated carbocycles. The number of amidine groups is 1. The number of nitrogens with zero attached hydrogens (tertiary/aromatic N) is 2. The lowest BCUT2D eigenvalue weighted by atomic mass is 9.84. The average Bonchev–Trinajstić information content (AvgIpc) is 2.90. The maximum atomic E-state index is 13.7. The number of hydrogen-bond acceptors (Lipinski definition) is 6. The van der Waals surface area contributed by atoms with Crippen LogP contribution in [0, 0.1) is 10.8 Å². The van der Waals surface area contributed by atoms with Gasteiger partial charge in [-0.1, -0.05) is 41.5 Å². The first-order valence-corrected chi connectivity index (χ1v) is 12.5. The van der Waals surface area contributed by atoms with Crippen molar-refractivity contribution in [3.63, 3.8) is 0 Å². The molecular formula is C23H35N4O4P. The highest BCUT2D eigenvalue weighted by molar-refractivity contribution is 7.66. The Morgan fingerprint density at radius 2 is 1.91 bits per heavy atom. The molecule has 2 atom stereocenters. The number of benzene rings is 1. The number of nitrogens with two attached hydrogens (primary N) is 1. The molecule has 0 fully saturated rings. The van der Waals surface area contributed by atoms with E-state index in [1.165, 1.54) is 0 Å². The minimum atomic E-state index is -3.68. The van der Waals surface area contributed by atoms with Gasteiger partial charge in [0.1, 0.15) is 11.3 Å². The minimum Gasteiger partial charge on any atom is -0.509 e. The van der Waals surface area contributed by atoms with Crippen molar-refractivity contribution in [2.24, 2.45) is 15.6 Å². The van der Waals surface area contributed by atoms with Crippen LogP contribution in [0.2, 0.25) is 0 Å². The highest BCUT2D eigenvalue weighted by Gasteiger charge is 2.48. The lowest BCUT2D eigenvalue weighted by Crippen LogP contribution is -2.45. The normalized spacial score (nSPS) is 23.8. The zero-order valence-corrected chi connectivity index (χ0v) is 20.9. The Bertz CT molecular complexity index is 1030. The average molecular weight is 463 g/mol. The molecule has 0 unspecified atom stereocenters. The van der Waals surface area contributed by atoms with E-state index in [-0.39, 0.29) is 35.1 Å². The molecule has 176 valence electrons. The van der Waals surface area contributed by atoms with E-state index in [1.807, 2.05) is 20.8 Å². The molecule has 0 spiro atoms. The van der Waals surface area contributed by atoms with Crippen LogP contribution in [0.3, 0.4) is 0 Å². The third-order valence-electron chi connectivity index (χ3n) is 5.58. The number of aliphatic hydroxyl groups excluding tert-OH is 1. The first-order chi connectivity index (χ1) is 14.7. The van der Waals surface area contributed by atoms with E-state index in [0.717, 1.165) is 6.42 Å². The van der Waals surface area contributed by atoms with Gasteiger partial charge >= 0.3 is 7.52 Å². The van der Waals surface area contributed by atoms with Gasteiger partial charge in [0, 0.05) is 12.2 Å². The van der Waals surface area contributed by atoms with Crippen molar-refractivity contribution in [3.05, 3.63) is 29.5 Å². The highest BCUT2D eigenvalue weighted by Crippen LogP contribution is 2.53. The van der Waals surface area contributed by atoms with Gasteiger partial charge in [-0.25, -0.2) is 0 Å². The Morgan fingerprint density at radius 3 is 2.47 bits per heavy atom. The number of rotatable bonds is 5. The van der Waals surface area contributed by atoms with Gasteiger partial charge in [0.15, 0.2) is 5.84 Å². The first kappa shape index (κ1) is 24.3. The van der Waals surface area contributed by atoms with Crippen LogP contribution in [-0.4, -0.2) is 40.9 Å². The SMILES string of the molecule is CCO[P@@]1(=O)N=C(C2=C(O)[C@@H](C(C)(C)C)N(CCC(C)(C)C)C2=O)Nc2ccc(N)cc21. The summed E-state index contributed by atoms with van der Waals surface area (Å²) in [4.78, 5) is 15.3. The summed E-state index contributed by atoms with van der Waals surface area (Å²) in [6, 6.07) is 4.40. The Kier molecular flexibility index (Phi) is 6.26. The lowest BCUT2D eigenvalue weighted by molar-refractivity contribution is -0.128. The van der Waals surface area contributed by atoms with Crippen molar-refractivity contribution in [1.29, 1.82) is 0 Å². The van der Waals surface area contributed by atoms with Crippen molar-refractivity contribution in [1.82, 2.24) is 4.90 Å². The lowest BCUT2D eigenvalue weighted by Gasteiger charge is -2.36. The topological polar surface area (TPSA) is 117 Å². The van der Waals surface area contributed by atoms with E-state index < -0.39 is 19.0 Å². The van der Waals surface area contributed by atoms with Crippen molar-refractivity contribution in [3.8, 4) is 0 Å². The van der Waals surface area contributed by atoms with Gasteiger partial charge in [0.25, 0.3) is 5.91 Å². The summed E-state index contributed by atoms with van der Waals surface area (Å²) in [5, 5.41) is 14.7. The highest BCUT2D eigenvalue weighted by atomic mass is 31.2. The number of hydrogen-bond donors (Lipinski definition) is 3. The number of carbonyl (C=O) groups excluding carboxylic acids is 1. The second kappa shape index (κ2) is 8.23. The van der Waals surface area contributed by atoms with Crippen LogP contribution in [0.1, 0.15) is 54.9 Å². The summed E-state index contributed by atoms with van der Waals surface area (Å²) in [6.45, 7) is 14.7. The number of anilines is 2. The molecular weight excluding hydrogens is 427 g/mol. The fourth-order valence-electron chi connectivity index (χ4n) is 4.05. The number of aliphatic hydroxyl groups is 1. The van der Waals surface area contributed by atoms with Gasteiger partial charge < -0.3 is 25.6 Å². The Balaban J connectivity index is 2.10. The Labute approximate surface area is 190 Å². The van der Waals surface area contributed by atoms with E-state index >= 15 is 0 Å². The second-order valence-corrected chi connectivity index (χ2v) is 12.6. The summed E-state index contributed by atoms with van der Waals surface area (Å²) in [5.74, 6) is -0.335. The molecule has 2 heterocycles. The predicted molar refractivity (Wildman–Crippen MR) is 129 cm³/mol. The van der Waals surface area contributed by atoms with Crippen LogP contribution in [0.5, 0.6) is 0 Å². The zero-order valence-electron chi connectivity index (χ0n) is 20.0. The zero-order chi connectivity index (χ0) is 24.1. The molecule has 0 aliphatic carbocycles. The summed E-state index contributed by atoms with van der Waals surface area (Å²) < 4.78 is 23.6. The van der Waals surface area contributed by atoms with E-state index in [1.54, 1.807) is 30.0 Å². The Morgan fingerprint density at radius 1 is 1.25 bits per heavy atom. The van der Waals surface area contributed by atoms with E-state index in [0.29, 0.717) is 23.2 Å². The molecule has 8 nitrogen and oxygen atoms in total. The fourth-order valence-corrected chi connectivity index (χ4v) is 5.87.